The lowest BCUT2D eigenvalue weighted by atomic mass is 10.1. The Morgan fingerprint density at radius 1 is 1.00 bits per heavy atom. The second kappa shape index (κ2) is 5.78. The third-order valence-electron chi connectivity index (χ3n) is 3.16. The van der Waals surface area contributed by atoms with Gasteiger partial charge in [-0.2, -0.15) is 0 Å². The molecule has 1 aliphatic rings. The number of imide groups is 1. The number of anilines is 1. The summed E-state index contributed by atoms with van der Waals surface area (Å²) in [5.74, 6) is -0.187. The number of rotatable bonds is 3. The van der Waals surface area contributed by atoms with E-state index in [1.54, 1.807) is 0 Å². The predicted octanol–water partition coefficient (Wildman–Crippen LogP) is 1.62. The van der Waals surface area contributed by atoms with E-state index in [1.165, 1.54) is 4.90 Å². The summed E-state index contributed by atoms with van der Waals surface area (Å²) in [5.41, 5.74) is 7.28. The van der Waals surface area contributed by atoms with E-state index in [4.69, 9.17) is 5.73 Å². The van der Waals surface area contributed by atoms with Crippen LogP contribution >= 0.6 is 0 Å². The van der Waals surface area contributed by atoms with Crippen LogP contribution < -0.4 is 10.6 Å². The fraction of sp³-hybridized carbons (Fsp3) is 0.429. The monoisotopic (exact) mass is 246 g/mol. The maximum Gasteiger partial charge on any atom is 0.233 e. The molecule has 2 N–H and O–H groups in total. The summed E-state index contributed by atoms with van der Waals surface area (Å²) in [6, 6.07) is 7.50. The second-order valence-corrected chi connectivity index (χ2v) is 4.54. The van der Waals surface area contributed by atoms with Crippen molar-refractivity contribution >= 4 is 17.5 Å². The number of carbonyl (C=O) groups is 2. The highest BCUT2D eigenvalue weighted by Crippen LogP contribution is 2.22. The molecule has 0 radical (unpaired) electrons. The largest absolute Gasteiger partial charge is 0.330 e. The number of amides is 2. The molecule has 1 aromatic carbocycles. The first-order valence-electron chi connectivity index (χ1n) is 6.37. The zero-order valence-electron chi connectivity index (χ0n) is 10.4. The van der Waals surface area contributed by atoms with Crippen LogP contribution in [-0.2, 0) is 16.0 Å². The molecule has 18 heavy (non-hydrogen) atoms. The molecule has 0 bridgehead atoms. The number of carbonyl (C=O) groups excluding carboxylic acids is 2. The Morgan fingerprint density at radius 2 is 1.56 bits per heavy atom. The molecule has 1 saturated heterocycles. The molecule has 2 rings (SSSR count). The quantitative estimate of drug-likeness (QED) is 0.824. The summed E-state index contributed by atoms with van der Waals surface area (Å²) >= 11 is 0. The van der Waals surface area contributed by atoms with Gasteiger partial charge < -0.3 is 5.73 Å². The van der Waals surface area contributed by atoms with Gasteiger partial charge in [0.2, 0.25) is 11.8 Å². The number of benzene rings is 1. The summed E-state index contributed by atoms with van der Waals surface area (Å²) in [7, 11) is 0. The summed E-state index contributed by atoms with van der Waals surface area (Å²) in [6.45, 7) is 0.598. The molecule has 0 atom stereocenters. The molecule has 0 aliphatic carbocycles. The van der Waals surface area contributed by atoms with Crippen molar-refractivity contribution in [3.05, 3.63) is 29.8 Å². The van der Waals surface area contributed by atoms with Gasteiger partial charge in [-0.25, -0.2) is 0 Å². The van der Waals surface area contributed by atoms with Gasteiger partial charge in [-0.1, -0.05) is 12.1 Å². The molecule has 1 aliphatic heterocycles. The van der Waals surface area contributed by atoms with Gasteiger partial charge in [0.05, 0.1) is 5.69 Å². The summed E-state index contributed by atoms with van der Waals surface area (Å²) in [5, 5.41) is 0. The molecule has 0 aromatic heterocycles. The van der Waals surface area contributed by atoms with Crippen molar-refractivity contribution in [2.24, 2.45) is 5.73 Å². The molecule has 1 fully saturated rings. The summed E-state index contributed by atoms with van der Waals surface area (Å²) < 4.78 is 0. The van der Waals surface area contributed by atoms with Crippen LogP contribution in [0.1, 0.15) is 31.2 Å². The van der Waals surface area contributed by atoms with Crippen molar-refractivity contribution in [2.75, 3.05) is 11.4 Å². The van der Waals surface area contributed by atoms with E-state index in [0.29, 0.717) is 25.1 Å². The molecule has 0 saturated carbocycles. The lowest BCUT2D eigenvalue weighted by Crippen LogP contribution is -2.35. The number of hydrogen-bond acceptors (Lipinski definition) is 3. The number of nitrogens with zero attached hydrogens (tertiary/aromatic N) is 1. The van der Waals surface area contributed by atoms with Crippen molar-refractivity contribution < 1.29 is 9.59 Å². The van der Waals surface area contributed by atoms with Gasteiger partial charge in [0.25, 0.3) is 0 Å². The van der Waals surface area contributed by atoms with E-state index in [1.807, 2.05) is 24.3 Å². The van der Waals surface area contributed by atoms with Crippen LogP contribution in [0.3, 0.4) is 0 Å². The van der Waals surface area contributed by atoms with Crippen LogP contribution in [0.5, 0.6) is 0 Å². The second-order valence-electron chi connectivity index (χ2n) is 4.54. The van der Waals surface area contributed by atoms with Crippen LogP contribution in [0.15, 0.2) is 24.3 Å². The molecular formula is C14H18N2O2. The molecule has 1 aromatic rings. The third-order valence-corrected chi connectivity index (χ3v) is 3.16. The maximum absolute atomic E-state index is 11.9. The standard InChI is InChI=1S/C14H18N2O2/c15-10-9-11-5-7-12(8-6-11)16-13(17)3-1-2-4-14(16)18/h5-8H,1-4,9-10,15H2. The van der Waals surface area contributed by atoms with Crippen molar-refractivity contribution in [2.45, 2.75) is 32.1 Å². The fourth-order valence-corrected chi connectivity index (χ4v) is 2.18. The predicted molar refractivity (Wildman–Crippen MR) is 70.2 cm³/mol. The molecule has 96 valence electrons. The first kappa shape index (κ1) is 12.8. The fourth-order valence-electron chi connectivity index (χ4n) is 2.18. The van der Waals surface area contributed by atoms with Crippen LogP contribution in [0.25, 0.3) is 0 Å². The van der Waals surface area contributed by atoms with Gasteiger partial charge in [-0.15, -0.1) is 0 Å². The molecule has 0 spiro atoms. The van der Waals surface area contributed by atoms with E-state index in [0.717, 1.165) is 24.8 Å². The minimum Gasteiger partial charge on any atom is -0.330 e. The average Bonchev–Trinajstić information content (AvgIpc) is 2.53. The van der Waals surface area contributed by atoms with E-state index in [-0.39, 0.29) is 11.8 Å². The SMILES string of the molecule is NCCc1ccc(N2C(=O)CCCCC2=O)cc1. The molecule has 0 unspecified atom stereocenters. The van der Waals surface area contributed by atoms with Gasteiger partial charge in [-0.05, 0) is 43.5 Å². The Kier molecular flexibility index (Phi) is 4.10. The van der Waals surface area contributed by atoms with Gasteiger partial charge in [0, 0.05) is 12.8 Å². The molecule has 2 amide bonds. The lowest BCUT2D eigenvalue weighted by Gasteiger charge is -2.18. The van der Waals surface area contributed by atoms with Crippen molar-refractivity contribution in [3.63, 3.8) is 0 Å². The molecule has 4 nitrogen and oxygen atoms in total. The highest BCUT2D eigenvalue weighted by atomic mass is 16.2. The highest BCUT2D eigenvalue weighted by Gasteiger charge is 2.25. The topological polar surface area (TPSA) is 63.4 Å². The van der Waals surface area contributed by atoms with E-state index in [2.05, 4.69) is 0 Å². The van der Waals surface area contributed by atoms with E-state index in [9.17, 15) is 9.59 Å². The molecular weight excluding hydrogens is 228 g/mol. The first-order chi connectivity index (χ1) is 8.72. The van der Waals surface area contributed by atoms with Gasteiger partial charge in [0.15, 0.2) is 0 Å². The summed E-state index contributed by atoms with van der Waals surface area (Å²) in [4.78, 5) is 25.2. The van der Waals surface area contributed by atoms with Crippen LogP contribution in [0, 0.1) is 0 Å². The Labute approximate surface area is 107 Å². The van der Waals surface area contributed by atoms with Gasteiger partial charge in [0.1, 0.15) is 0 Å². The van der Waals surface area contributed by atoms with Gasteiger partial charge >= 0.3 is 0 Å². The molecule has 4 heteroatoms. The van der Waals surface area contributed by atoms with Gasteiger partial charge in [-0.3, -0.25) is 14.5 Å². The Balaban J connectivity index is 2.22. The number of hydrogen-bond donors (Lipinski definition) is 1. The minimum atomic E-state index is -0.0934. The Bertz CT molecular complexity index is 422. The summed E-state index contributed by atoms with van der Waals surface area (Å²) in [6.07, 6.45) is 3.31. The van der Waals surface area contributed by atoms with Crippen molar-refractivity contribution in [1.29, 1.82) is 0 Å². The van der Waals surface area contributed by atoms with Crippen LogP contribution in [-0.4, -0.2) is 18.4 Å². The van der Waals surface area contributed by atoms with Crippen LogP contribution in [0.4, 0.5) is 5.69 Å². The van der Waals surface area contributed by atoms with Crippen molar-refractivity contribution in [1.82, 2.24) is 0 Å². The number of nitrogens with two attached hydrogens (primary N) is 1. The zero-order chi connectivity index (χ0) is 13.0. The normalized spacial score (nSPS) is 16.8. The maximum atomic E-state index is 11.9. The Morgan fingerprint density at radius 3 is 2.06 bits per heavy atom. The Hall–Kier alpha value is -1.68. The zero-order valence-corrected chi connectivity index (χ0v) is 10.4. The van der Waals surface area contributed by atoms with Crippen LogP contribution in [0.2, 0.25) is 0 Å². The highest BCUT2D eigenvalue weighted by molar-refractivity contribution is 6.15. The smallest absolute Gasteiger partial charge is 0.233 e. The average molecular weight is 246 g/mol. The first-order valence-corrected chi connectivity index (χ1v) is 6.37. The van der Waals surface area contributed by atoms with E-state index < -0.39 is 0 Å². The molecule has 1 heterocycles. The third kappa shape index (κ3) is 2.76. The minimum absolute atomic E-state index is 0.0934. The van der Waals surface area contributed by atoms with Crippen molar-refractivity contribution in [3.8, 4) is 0 Å². The lowest BCUT2D eigenvalue weighted by molar-refractivity contribution is -0.125. The van der Waals surface area contributed by atoms with E-state index >= 15 is 0 Å².